The molecule has 1 atom stereocenters. The van der Waals surface area contributed by atoms with E-state index in [0.717, 1.165) is 11.1 Å². The molecule has 8 heteroatoms. The second kappa shape index (κ2) is 7.65. The first-order valence-electron chi connectivity index (χ1n) is 7.72. The van der Waals surface area contributed by atoms with E-state index in [1.165, 1.54) is 0 Å². The van der Waals surface area contributed by atoms with Crippen LogP contribution in [0.3, 0.4) is 0 Å². The highest BCUT2D eigenvalue weighted by Gasteiger charge is 2.28. The average Bonchev–Trinajstić information content (AvgIpc) is 2.85. The molecule has 1 heterocycles. The molecular weight excluding hydrogens is 332 g/mol. The summed E-state index contributed by atoms with van der Waals surface area (Å²) >= 11 is 0. The van der Waals surface area contributed by atoms with Crippen LogP contribution in [-0.2, 0) is 19.4 Å². The normalized spacial score (nSPS) is 18.8. The number of hydrogen-bond donors (Lipinski definition) is 2. The van der Waals surface area contributed by atoms with Crippen molar-refractivity contribution >= 4 is 21.7 Å². The molecule has 1 unspecified atom stereocenters. The Hall–Kier alpha value is -2.09. The second-order valence-corrected chi connectivity index (χ2v) is 8.21. The van der Waals surface area contributed by atoms with E-state index in [0.29, 0.717) is 12.2 Å². The SMILES string of the molecule is Cc1ccc(OCC(=O)NCC(=O)NC2CCS(=O)(=O)C2)cc1C. The highest BCUT2D eigenvalue weighted by atomic mass is 32.2. The molecule has 0 spiro atoms. The van der Waals surface area contributed by atoms with Crippen LogP contribution in [0.15, 0.2) is 18.2 Å². The number of ether oxygens (including phenoxy) is 1. The van der Waals surface area contributed by atoms with Crippen LogP contribution in [-0.4, -0.2) is 50.9 Å². The minimum atomic E-state index is -3.04. The van der Waals surface area contributed by atoms with E-state index in [1.807, 2.05) is 26.0 Å². The fourth-order valence-electron chi connectivity index (χ4n) is 2.37. The summed E-state index contributed by atoms with van der Waals surface area (Å²) in [7, 11) is -3.04. The molecule has 132 valence electrons. The fourth-order valence-corrected chi connectivity index (χ4v) is 4.04. The van der Waals surface area contributed by atoms with Crippen molar-refractivity contribution in [3.8, 4) is 5.75 Å². The largest absolute Gasteiger partial charge is 0.484 e. The number of benzene rings is 1. The smallest absolute Gasteiger partial charge is 0.258 e. The van der Waals surface area contributed by atoms with Gasteiger partial charge in [-0.05, 0) is 43.5 Å². The molecular formula is C16H22N2O5S. The topological polar surface area (TPSA) is 102 Å². The lowest BCUT2D eigenvalue weighted by Gasteiger charge is -2.12. The van der Waals surface area contributed by atoms with Crippen molar-refractivity contribution < 1.29 is 22.7 Å². The Kier molecular flexibility index (Phi) is 5.82. The first kappa shape index (κ1) is 18.3. The third-order valence-corrected chi connectivity index (χ3v) is 5.66. The Morgan fingerprint density at radius 1 is 1.21 bits per heavy atom. The van der Waals surface area contributed by atoms with Crippen LogP contribution < -0.4 is 15.4 Å². The monoisotopic (exact) mass is 354 g/mol. The summed E-state index contributed by atoms with van der Waals surface area (Å²) in [6, 6.07) is 5.16. The number of aryl methyl sites for hydroxylation is 2. The van der Waals surface area contributed by atoms with E-state index in [9.17, 15) is 18.0 Å². The van der Waals surface area contributed by atoms with Gasteiger partial charge in [0.2, 0.25) is 5.91 Å². The minimum absolute atomic E-state index is 0.0391. The summed E-state index contributed by atoms with van der Waals surface area (Å²) in [6.07, 6.45) is 0.415. The maximum Gasteiger partial charge on any atom is 0.258 e. The fraction of sp³-hybridized carbons (Fsp3) is 0.500. The van der Waals surface area contributed by atoms with E-state index in [1.54, 1.807) is 6.07 Å². The molecule has 0 bridgehead atoms. The van der Waals surface area contributed by atoms with Crippen LogP contribution in [0, 0.1) is 13.8 Å². The summed E-state index contributed by atoms with van der Waals surface area (Å²) < 4.78 is 28.0. The van der Waals surface area contributed by atoms with Gasteiger partial charge in [0.15, 0.2) is 16.4 Å². The second-order valence-electron chi connectivity index (χ2n) is 5.98. The Morgan fingerprint density at radius 2 is 1.96 bits per heavy atom. The molecule has 2 amide bonds. The van der Waals surface area contributed by atoms with Crippen LogP contribution in [0.2, 0.25) is 0 Å². The van der Waals surface area contributed by atoms with Crippen LogP contribution in [0.5, 0.6) is 5.75 Å². The minimum Gasteiger partial charge on any atom is -0.484 e. The standard InChI is InChI=1S/C16H22N2O5S/c1-11-3-4-14(7-12(11)2)23-9-16(20)17-8-15(19)18-13-5-6-24(21,22)10-13/h3-4,7,13H,5-6,8-10H2,1-2H3,(H,17,20)(H,18,19). The van der Waals surface area contributed by atoms with Crippen LogP contribution in [0.25, 0.3) is 0 Å². The van der Waals surface area contributed by atoms with Crippen LogP contribution in [0.1, 0.15) is 17.5 Å². The molecule has 1 fully saturated rings. The van der Waals surface area contributed by atoms with Crippen molar-refractivity contribution in [1.29, 1.82) is 0 Å². The molecule has 0 saturated carbocycles. The van der Waals surface area contributed by atoms with Crippen molar-refractivity contribution in [2.24, 2.45) is 0 Å². The zero-order valence-electron chi connectivity index (χ0n) is 13.8. The van der Waals surface area contributed by atoms with Gasteiger partial charge in [-0.2, -0.15) is 0 Å². The number of sulfone groups is 1. The number of hydrogen-bond acceptors (Lipinski definition) is 5. The molecule has 1 aliphatic heterocycles. The first-order chi connectivity index (χ1) is 11.2. The zero-order chi connectivity index (χ0) is 17.7. The number of carbonyl (C=O) groups excluding carboxylic acids is 2. The van der Waals surface area contributed by atoms with Crippen molar-refractivity contribution in [2.45, 2.75) is 26.3 Å². The number of nitrogens with one attached hydrogen (secondary N) is 2. The van der Waals surface area contributed by atoms with Gasteiger partial charge in [0, 0.05) is 6.04 Å². The van der Waals surface area contributed by atoms with Crippen LogP contribution >= 0.6 is 0 Å². The third kappa shape index (κ3) is 5.52. The van der Waals surface area contributed by atoms with Crippen LogP contribution in [0.4, 0.5) is 0 Å². The summed E-state index contributed by atoms with van der Waals surface area (Å²) in [5.74, 6) is -0.177. The quantitative estimate of drug-likeness (QED) is 0.755. The molecule has 1 aliphatic rings. The van der Waals surface area contributed by atoms with Gasteiger partial charge in [-0.3, -0.25) is 9.59 Å². The Balaban J connectivity index is 1.69. The van der Waals surface area contributed by atoms with Gasteiger partial charge in [-0.1, -0.05) is 6.07 Å². The molecule has 0 aliphatic carbocycles. The van der Waals surface area contributed by atoms with E-state index in [4.69, 9.17) is 4.74 Å². The number of rotatable bonds is 6. The summed E-state index contributed by atoms with van der Waals surface area (Å²) in [4.78, 5) is 23.4. The van der Waals surface area contributed by atoms with Gasteiger partial charge in [0.05, 0.1) is 18.1 Å². The Bertz CT molecular complexity index is 730. The van der Waals surface area contributed by atoms with Crippen molar-refractivity contribution in [3.05, 3.63) is 29.3 Å². The van der Waals surface area contributed by atoms with Gasteiger partial charge < -0.3 is 15.4 Å². The van der Waals surface area contributed by atoms with E-state index < -0.39 is 21.7 Å². The highest BCUT2D eigenvalue weighted by molar-refractivity contribution is 7.91. The lowest BCUT2D eigenvalue weighted by atomic mass is 10.1. The number of carbonyl (C=O) groups is 2. The highest BCUT2D eigenvalue weighted by Crippen LogP contribution is 2.16. The predicted octanol–water partition coefficient (Wildman–Crippen LogP) is 0.102. The summed E-state index contributed by atoms with van der Waals surface area (Å²) in [6.45, 7) is 3.55. The van der Waals surface area contributed by atoms with Gasteiger partial charge >= 0.3 is 0 Å². The molecule has 7 nitrogen and oxygen atoms in total. The lowest BCUT2D eigenvalue weighted by Crippen LogP contribution is -2.43. The third-order valence-electron chi connectivity index (χ3n) is 3.89. The predicted molar refractivity (Wildman–Crippen MR) is 89.6 cm³/mol. The van der Waals surface area contributed by atoms with Crippen molar-refractivity contribution in [2.75, 3.05) is 24.7 Å². The zero-order valence-corrected chi connectivity index (χ0v) is 14.6. The van der Waals surface area contributed by atoms with E-state index in [2.05, 4.69) is 10.6 Å². The van der Waals surface area contributed by atoms with Crippen molar-refractivity contribution in [1.82, 2.24) is 10.6 Å². The molecule has 2 N–H and O–H groups in total. The van der Waals surface area contributed by atoms with Gasteiger partial charge in [0.25, 0.3) is 5.91 Å². The molecule has 24 heavy (non-hydrogen) atoms. The lowest BCUT2D eigenvalue weighted by molar-refractivity contribution is -0.127. The van der Waals surface area contributed by atoms with Gasteiger partial charge in [-0.15, -0.1) is 0 Å². The summed E-state index contributed by atoms with van der Waals surface area (Å²) in [5.41, 5.74) is 2.20. The Morgan fingerprint density at radius 3 is 2.58 bits per heavy atom. The molecule has 0 radical (unpaired) electrons. The Labute approximate surface area is 141 Å². The molecule has 2 rings (SSSR count). The molecule has 1 aromatic carbocycles. The van der Waals surface area contributed by atoms with E-state index in [-0.39, 0.29) is 30.7 Å². The molecule has 1 aromatic rings. The summed E-state index contributed by atoms with van der Waals surface area (Å²) in [5, 5.41) is 5.05. The first-order valence-corrected chi connectivity index (χ1v) is 9.54. The maximum atomic E-state index is 11.7. The number of amides is 2. The average molecular weight is 354 g/mol. The van der Waals surface area contributed by atoms with Gasteiger partial charge in [-0.25, -0.2) is 8.42 Å². The molecule has 1 saturated heterocycles. The molecule has 0 aromatic heterocycles. The van der Waals surface area contributed by atoms with Gasteiger partial charge in [0.1, 0.15) is 5.75 Å². The van der Waals surface area contributed by atoms with Crippen molar-refractivity contribution in [3.63, 3.8) is 0 Å². The maximum absolute atomic E-state index is 11.7. The van der Waals surface area contributed by atoms with E-state index >= 15 is 0 Å².